The monoisotopic (exact) mass is 648 g/mol. The van der Waals surface area contributed by atoms with Gasteiger partial charge in [0.25, 0.3) is 0 Å². The van der Waals surface area contributed by atoms with Gasteiger partial charge in [-0.15, -0.1) is 0 Å². The Balaban J connectivity index is 2.73. The summed E-state index contributed by atoms with van der Waals surface area (Å²) in [6, 6.07) is 8.23. The topological polar surface area (TPSA) is 18.5 Å². The molecular weight excluding hydrogens is 628 g/mol. The molecule has 0 aromatic heterocycles. The number of ether oxygens (including phenoxy) is 2. The molecule has 0 heterocycles. The van der Waals surface area contributed by atoms with Crippen molar-refractivity contribution in [2.75, 3.05) is 0 Å². The third-order valence-electron chi connectivity index (χ3n) is 4.27. The Bertz CT molecular complexity index is 890. The molecule has 0 spiro atoms. The van der Waals surface area contributed by atoms with Gasteiger partial charge in [0, 0.05) is 25.5 Å². The zero-order valence-electron chi connectivity index (χ0n) is 17.3. The smallest absolute Gasteiger partial charge is 0.145 e. The van der Waals surface area contributed by atoms with E-state index in [9.17, 15) is 0 Å². The van der Waals surface area contributed by atoms with Gasteiger partial charge in [0.05, 0.1) is 21.5 Å². The number of hydrogen-bond donors (Lipinski definition) is 0. The Labute approximate surface area is 207 Å². The average molecular weight is 652 g/mol. The largest absolute Gasteiger partial charge is 0.464 e. The van der Waals surface area contributed by atoms with Crippen LogP contribution < -0.4 is 9.47 Å². The van der Waals surface area contributed by atoms with E-state index in [0.29, 0.717) is 0 Å². The van der Waals surface area contributed by atoms with E-state index in [2.05, 4.69) is 89.7 Å². The lowest BCUT2D eigenvalue weighted by Crippen LogP contribution is -2.21. The van der Waals surface area contributed by atoms with Crippen LogP contribution in [0.2, 0.25) is 0 Å². The van der Waals surface area contributed by atoms with Gasteiger partial charge >= 0.3 is 0 Å². The lowest BCUT2D eigenvalue weighted by Gasteiger charge is -2.30. The van der Waals surface area contributed by atoms with E-state index in [1.165, 1.54) is 0 Å². The van der Waals surface area contributed by atoms with Crippen molar-refractivity contribution in [3.63, 3.8) is 0 Å². The quantitative estimate of drug-likeness (QED) is 0.290. The summed E-state index contributed by atoms with van der Waals surface area (Å²) in [7, 11) is 0. The van der Waals surface area contributed by atoms with Gasteiger partial charge in [0.1, 0.15) is 11.5 Å². The van der Waals surface area contributed by atoms with Gasteiger partial charge in [-0.25, -0.2) is 0 Å². The van der Waals surface area contributed by atoms with E-state index in [0.717, 1.165) is 51.7 Å². The number of halogens is 4. The molecular formula is C23H24Br4O2. The predicted molar refractivity (Wildman–Crippen MR) is 136 cm³/mol. The first-order valence-corrected chi connectivity index (χ1v) is 12.2. The van der Waals surface area contributed by atoms with Crippen molar-refractivity contribution in [3.05, 3.63) is 77.0 Å². The van der Waals surface area contributed by atoms with Crippen LogP contribution >= 0.6 is 63.7 Å². The molecule has 156 valence electrons. The van der Waals surface area contributed by atoms with Crippen LogP contribution in [-0.2, 0) is 5.41 Å². The molecule has 29 heavy (non-hydrogen) atoms. The highest BCUT2D eigenvalue weighted by molar-refractivity contribution is 9.13. The second kappa shape index (κ2) is 10.2. The van der Waals surface area contributed by atoms with Crippen LogP contribution in [-0.4, -0.2) is 0 Å². The number of rotatable bonds is 6. The van der Waals surface area contributed by atoms with Crippen molar-refractivity contribution in [1.29, 1.82) is 0 Å². The van der Waals surface area contributed by atoms with Gasteiger partial charge in [0.2, 0.25) is 0 Å². The van der Waals surface area contributed by atoms with Crippen molar-refractivity contribution in [2.45, 2.75) is 47.0 Å². The highest BCUT2D eigenvalue weighted by atomic mass is 79.9. The molecule has 2 aromatic carbocycles. The maximum absolute atomic E-state index is 6.10. The molecule has 0 amide bonds. The minimum Gasteiger partial charge on any atom is -0.464 e. The van der Waals surface area contributed by atoms with Gasteiger partial charge in [-0.05, 0) is 115 Å². The molecule has 0 saturated carbocycles. The molecule has 2 nitrogen and oxygen atoms in total. The van der Waals surface area contributed by atoms with E-state index in [-0.39, 0.29) is 0 Å². The molecule has 0 saturated heterocycles. The van der Waals surface area contributed by atoms with Crippen molar-refractivity contribution >= 4 is 63.7 Å². The van der Waals surface area contributed by atoms with Crippen molar-refractivity contribution in [3.8, 4) is 11.5 Å². The summed E-state index contributed by atoms with van der Waals surface area (Å²) in [5.74, 6) is 1.55. The fourth-order valence-electron chi connectivity index (χ4n) is 2.78. The molecule has 0 aliphatic carbocycles. The summed E-state index contributed by atoms with van der Waals surface area (Å²) < 4.78 is 15.8. The average Bonchev–Trinajstić information content (AvgIpc) is 2.63. The molecule has 0 N–H and O–H groups in total. The summed E-state index contributed by atoms with van der Waals surface area (Å²) in [5.41, 5.74) is 3.85. The van der Waals surface area contributed by atoms with Crippen LogP contribution in [0.5, 0.6) is 11.5 Å². The maximum atomic E-state index is 6.10. The van der Waals surface area contributed by atoms with Crippen LogP contribution in [0.25, 0.3) is 0 Å². The summed E-state index contributed by atoms with van der Waals surface area (Å²) in [4.78, 5) is 0. The standard InChI is InChI=1S/C23H24Br4O2/c1-13(2)11-28-21-15(7-9-17(24)19(21)26)23(5,6)16-8-10-18(25)20(27)22(16)29-12-14(3)4/h7-12H,1-6H3. The fraction of sp³-hybridized carbons (Fsp3) is 0.304. The van der Waals surface area contributed by atoms with Crippen molar-refractivity contribution in [2.24, 2.45) is 0 Å². The van der Waals surface area contributed by atoms with Crippen LogP contribution in [0.3, 0.4) is 0 Å². The first-order valence-electron chi connectivity index (χ1n) is 9.03. The van der Waals surface area contributed by atoms with Gasteiger partial charge in [0.15, 0.2) is 0 Å². The zero-order chi connectivity index (χ0) is 21.9. The van der Waals surface area contributed by atoms with E-state index < -0.39 is 5.41 Å². The molecule has 2 rings (SSSR count). The Morgan fingerprint density at radius 1 is 0.690 bits per heavy atom. The molecule has 0 aliphatic heterocycles. The number of hydrogen-bond acceptors (Lipinski definition) is 2. The van der Waals surface area contributed by atoms with Crippen LogP contribution in [0.1, 0.15) is 52.7 Å². The fourth-order valence-corrected chi connectivity index (χ4v) is 4.28. The number of benzene rings is 2. The molecule has 0 fully saturated rings. The highest BCUT2D eigenvalue weighted by Gasteiger charge is 2.32. The molecule has 0 radical (unpaired) electrons. The lowest BCUT2D eigenvalue weighted by molar-refractivity contribution is 0.436. The first kappa shape index (κ1) is 24.7. The zero-order valence-corrected chi connectivity index (χ0v) is 23.6. The maximum Gasteiger partial charge on any atom is 0.145 e. The Morgan fingerprint density at radius 2 is 1.03 bits per heavy atom. The third-order valence-corrected chi connectivity index (χ3v) is 8.23. The lowest BCUT2D eigenvalue weighted by atomic mass is 9.77. The second-order valence-corrected chi connectivity index (χ2v) is 11.0. The summed E-state index contributed by atoms with van der Waals surface area (Å²) >= 11 is 14.5. The van der Waals surface area contributed by atoms with Crippen molar-refractivity contribution in [1.82, 2.24) is 0 Å². The SMILES string of the molecule is CC(C)=COc1c(C(C)(C)c2ccc(Br)c(Br)c2OC=C(C)C)ccc(Br)c1Br. The van der Waals surface area contributed by atoms with Gasteiger partial charge in [-0.3, -0.25) is 0 Å². The molecule has 0 aliphatic rings. The molecule has 6 heteroatoms. The first-order chi connectivity index (χ1) is 13.5. The van der Waals surface area contributed by atoms with E-state index in [1.807, 2.05) is 39.8 Å². The van der Waals surface area contributed by atoms with E-state index >= 15 is 0 Å². The second-order valence-electron chi connectivity index (χ2n) is 7.73. The normalized spacial score (nSPS) is 11.1. The predicted octanol–water partition coefficient (Wildman–Crippen LogP) is 9.67. The van der Waals surface area contributed by atoms with Crippen molar-refractivity contribution < 1.29 is 9.47 Å². The minimum absolute atomic E-state index is 0.401. The highest BCUT2D eigenvalue weighted by Crippen LogP contribution is 2.48. The Kier molecular flexibility index (Phi) is 8.66. The summed E-state index contributed by atoms with van der Waals surface area (Å²) in [6.45, 7) is 12.4. The third kappa shape index (κ3) is 5.78. The summed E-state index contributed by atoms with van der Waals surface area (Å²) in [6.07, 6.45) is 3.54. The van der Waals surface area contributed by atoms with Crippen LogP contribution in [0.15, 0.2) is 65.8 Å². The molecule has 0 atom stereocenters. The molecule has 0 bridgehead atoms. The summed E-state index contributed by atoms with van der Waals surface area (Å²) in [5, 5.41) is 0. The van der Waals surface area contributed by atoms with Gasteiger partial charge in [-0.1, -0.05) is 26.0 Å². The van der Waals surface area contributed by atoms with Crippen LogP contribution in [0, 0.1) is 0 Å². The van der Waals surface area contributed by atoms with Crippen LogP contribution in [0.4, 0.5) is 0 Å². The van der Waals surface area contributed by atoms with Gasteiger partial charge in [-0.2, -0.15) is 0 Å². The number of allylic oxidation sites excluding steroid dienone is 2. The van der Waals surface area contributed by atoms with E-state index in [1.54, 1.807) is 12.5 Å². The Morgan fingerprint density at radius 3 is 1.34 bits per heavy atom. The van der Waals surface area contributed by atoms with E-state index in [4.69, 9.17) is 9.47 Å². The molecule has 2 aromatic rings. The Hall–Kier alpha value is -0.560. The minimum atomic E-state index is -0.401. The van der Waals surface area contributed by atoms with Gasteiger partial charge < -0.3 is 9.47 Å². The molecule has 0 unspecified atom stereocenters.